The van der Waals surface area contributed by atoms with E-state index in [0.717, 1.165) is 24.1 Å². The molecule has 1 aromatic carbocycles. The van der Waals surface area contributed by atoms with E-state index in [9.17, 15) is 9.18 Å². The van der Waals surface area contributed by atoms with Gasteiger partial charge in [0.05, 0.1) is 12.5 Å². The molecule has 3 aromatic rings. The Hall–Kier alpha value is -2.65. The largest absolute Gasteiger partial charge is 0.381 e. The molecule has 27 heavy (non-hydrogen) atoms. The van der Waals surface area contributed by atoms with Gasteiger partial charge in [0.15, 0.2) is 15.8 Å². The third kappa shape index (κ3) is 2.92. The summed E-state index contributed by atoms with van der Waals surface area (Å²) in [6.45, 7) is 1.76. The fourth-order valence-electron chi connectivity index (χ4n) is 3.53. The highest BCUT2D eigenvalue weighted by molar-refractivity contribution is 7.22. The molecule has 7 nitrogen and oxygen atoms in total. The number of nitrogens with one attached hydrogen (secondary N) is 1. The van der Waals surface area contributed by atoms with Crippen molar-refractivity contribution in [3.8, 4) is 0 Å². The zero-order valence-corrected chi connectivity index (χ0v) is 15.1. The van der Waals surface area contributed by atoms with Gasteiger partial charge in [0.2, 0.25) is 5.91 Å². The maximum absolute atomic E-state index is 13.5. The number of hydrogen-bond acceptors (Lipinski definition) is 7. The third-order valence-corrected chi connectivity index (χ3v) is 5.78. The topological polar surface area (TPSA) is 80.2 Å². The molecule has 1 unspecified atom stereocenters. The van der Waals surface area contributed by atoms with Gasteiger partial charge in [0.25, 0.3) is 0 Å². The highest BCUT2D eigenvalue weighted by Gasteiger charge is 2.27. The van der Waals surface area contributed by atoms with Gasteiger partial charge < -0.3 is 15.0 Å². The van der Waals surface area contributed by atoms with Crippen molar-refractivity contribution in [1.82, 2.24) is 15.0 Å². The summed E-state index contributed by atoms with van der Waals surface area (Å²) < 4.78 is 18.8. The summed E-state index contributed by atoms with van der Waals surface area (Å²) in [5, 5.41) is 3.37. The molecule has 4 heterocycles. The standard InChI is InChI=1S/C18H16FN5O2S/c19-12-1-2-13-10(7-12)3-5-24(13)15-14-17(21-9-20-15)27-18(22-14)23-16(25)11-4-6-26-8-11/h1-2,7,9,11H,3-6,8H2,(H,22,23,25). The SMILES string of the molecule is O=C(Nc1nc2c(N3CCc4cc(F)ccc43)ncnc2s1)C1CCOC1. The molecule has 2 aliphatic heterocycles. The molecule has 0 spiro atoms. The summed E-state index contributed by atoms with van der Waals surface area (Å²) in [6, 6.07) is 4.77. The third-order valence-electron chi connectivity index (χ3n) is 4.90. The molecule has 0 saturated carbocycles. The molecule has 1 atom stereocenters. The molecule has 0 radical (unpaired) electrons. The predicted molar refractivity (Wildman–Crippen MR) is 99.9 cm³/mol. The number of halogens is 1. The molecule has 5 rings (SSSR count). The van der Waals surface area contributed by atoms with Crippen molar-refractivity contribution in [1.29, 1.82) is 0 Å². The number of anilines is 3. The van der Waals surface area contributed by atoms with Gasteiger partial charge in [-0.3, -0.25) is 4.79 Å². The fraction of sp³-hybridized carbons (Fsp3) is 0.333. The monoisotopic (exact) mass is 385 g/mol. The van der Waals surface area contributed by atoms with Crippen LogP contribution in [0.3, 0.4) is 0 Å². The van der Waals surface area contributed by atoms with Crippen molar-refractivity contribution in [3.63, 3.8) is 0 Å². The smallest absolute Gasteiger partial charge is 0.231 e. The maximum atomic E-state index is 13.5. The Bertz CT molecular complexity index is 1030. The first kappa shape index (κ1) is 16.5. The highest BCUT2D eigenvalue weighted by atomic mass is 32.1. The molecule has 0 bridgehead atoms. The molecule has 138 valence electrons. The molecule has 1 amide bonds. The lowest BCUT2D eigenvalue weighted by atomic mass is 10.1. The zero-order valence-electron chi connectivity index (χ0n) is 14.3. The summed E-state index contributed by atoms with van der Waals surface area (Å²) in [5.74, 6) is 0.218. The minimum absolute atomic E-state index is 0.0805. The molecule has 0 aliphatic carbocycles. The lowest BCUT2D eigenvalue weighted by Crippen LogP contribution is -2.22. The number of fused-ring (bicyclic) bond motifs is 2. The van der Waals surface area contributed by atoms with Gasteiger partial charge in [-0.2, -0.15) is 0 Å². The van der Waals surface area contributed by atoms with Gasteiger partial charge in [-0.05, 0) is 36.6 Å². The Morgan fingerprint density at radius 1 is 1.37 bits per heavy atom. The van der Waals surface area contributed by atoms with Crippen molar-refractivity contribution >= 4 is 44.2 Å². The van der Waals surface area contributed by atoms with Crippen LogP contribution in [0.15, 0.2) is 24.5 Å². The van der Waals surface area contributed by atoms with E-state index in [2.05, 4.69) is 20.3 Å². The van der Waals surface area contributed by atoms with E-state index in [1.54, 1.807) is 12.1 Å². The normalized spacial score (nSPS) is 18.9. The Morgan fingerprint density at radius 2 is 2.30 bits per heavy atom. The van der Waals surface area contributed by atoms with Crippen LogP contribution in [0.4, 0.5) is 21.0 Å². The van der Waals surface area contributed by atoms with Gasteiger partial charge in [0.1, 0.15) is 17.7 Å². The van der Waals surface area contributed by atoms with Gasteiger partial charge in [-0.25, -0.2) is 19.3 Å². The van der Waals surface area contributed by atoms with E-state index in [4.69, 9.17) is 4.74 Å². The van der Waals surface area contributed by atoms with Crippen molar-refractivity contribution in [3.05, 3.63) is 35.9 Å². The van der Waals surface area contributed by atoms with Crippen molar-refractivity contribution in [2.24, 2.45) is 5.92 Å². The molecule has 1 saturated heterocycles. The maximum Gasteiger partial charge on any atom is 0.231 e. The number of hydrogen-bond donors (Lipinski definition) is 1. The van der Waals surface area contributed by atoms with Crippen molar-refractivity contribution in [2.45, 2.75) is 12.8 Å². The Balaban J connectivity index is 1.48. The number of carbonyl (C=O) groups is 1. The van der Waals surface area contributed by atoms with Crippen LogP contribution in [-0.4, -0.2) is 40.6 Å². The first-order chi connectivity index (χ1) is 13.2. The molecular weight excluding hydrogens is 369 g/mol. The number of carbonyl (C=O) groups excluding carboxylic acids is 1. The lowest BCUT2D eigenvalue weighted by Gasteiger charge is -2.18. The minimum Gasteiger partial charge on any atom is -0.381 e. The number of nitrogens with zero attached hydrogens (tertiary/aromatic N) is 4. The first-order valence-electron chi connectivity index (χ1n) is 8.75. The number of thiazole rings is 1. The lowest BCUT2D eigenvalue weighted by molar-refractivity contribution is -0.119. The second-order valence-corrected chi connectivity index (χ2v) is 7.57. The Labute approximate surface area is 158 Å². The minimum atomic E-state index is -0.238. The number of ether oxygens (including phenoxy) is 1. The average molecular weight is 385 g/mol. The van der Waals surface area contributed by atoms with Crippen LogP contribution < -0.4 is 10.2 Å². The molecule has 1 N–H and O–H groups in total. The predicted octanol–water partition coefficient (Wildman–Crippen LogP) is 2.89. The second kappa shape index (κ2) is 6.50. The molecule has 2 aliphatic rings. The van der Waals surface area contributed by atoms with E-state index in [0.29, 0.717) is 41.1 Å². The first-order valence-corrected chi connectivity index (χ1v) is 9.57. The molecule has 2 aromatic heterocycles. The second-order valence-electron chi connectivity index (χ2n) is 6.59. The Kier molecular flexibility index (Phi) is 3.98. The zero-order chi connectivity index (χ0) is 18.4. The van der Waals surface area contributed by atoms with Gasteiger partial charge >= 0.3 is 0 Å². The summed E-state index contributed by atoms with van der Waals surface area (Å²) in [4.78, 5) is 28.3. The van der Waals surface area contributed by atoms with Crippen LogP contribution in [0.1, 0.15) is 12.0 Å². The van der Waals surface area contributed by atoms with Gasteiger partial charge in [-0.15, -0.1) is 0 Å². The number of aromatic nitrogens is 3. The van der Waals surface area contributed by atoms with Crippen LogP contribution in [0.25, 0.3) is 10.3 Å². The van der Waals surface area contributed by atoms with Gasteiger partial charge in [0, 0.05) is 18.8 Å². The molecule has 1 fully saturated rings. The molecule has 9 heteroatoms. The number of benzene rings is 1. The van der Waals surface area contributed by atoms with E-state index in [-0.39, 0.29) is 17.6 Å². The number of amides is 1. The highest BCUT2D eigenvalue weighted by Crippen LogP contribution is 2.38. The van der Waals surface area contributed by atoms with Crippen molar-refractivity contribution < 1.29 is 13.9 Å². The van der Waals surface area contributed by atoms with E-state index < -0.39 is 0 Å². The Morgan fingerprint density at radius 3 is 3.15 bits per heavy atom. The van der Waals surface area contributed by atoms with E-state index in [1.807, 2.05) is 4.90 Å². The van der Waals surface area contributed by atoms with Crippen LogP contribution >= 0.6 is 11.3 Å². The van der Waals surface area contributed by atoms with Crippen molar-refractivity contribution in [2.75, 3.05) is 30.0 Å². The van der Waals surface area contributed by atoms with Crippen LogP contribution in [-0.2, 0) is 16.0 Å². The molecular formula is C18H16FN5O2S. The van der Waals surface area contributed by atoms with Crippen LogP contribution in [0.5, 0.6) is 0 Å². The van der Waals surface area contributed by atoms with Crippen LogP contribution in [0, 0.1) is 11.7 Å². The fourth-order valence-corrected chi connectivity index (χ4v) is 4.34. The van der Waals surface area contributed by atoms with E-state index >= 15 is 0 Å². The van der Waals surface area contributed by atoms with E-state index in [1.165, 1.54) is 23.7 Å². The summed E-state index contributed by atoms with van der Waals surface area (Å²) in [6.07, 6.45) is 2.96. The average Bonchev–Trinajstić information content (AvgIpc) is 3.39. The van der Waals surface area contributed by atoms with Crippen LogP contribution in [0.2, 0.25) is 0 Å². The summed E-state index contributed by atoms with van der Waals surface area (Å²) >= 11 is 1.32. The summed E-state index contributed by atoms with van der Waals surface area (Å²) in [7, 11) is 0. The number of rotatable bonds is 3. The quantitative estimate of drug-likeness (QED) is 0.747. The summed E-state index contributed by atoms with van der Waals surface area (Å²) in [5.41, 5.74) is 2.52. The van der Waals surface area contributed by atoms with Gasteiger partial charge in [-0.1, -0.05) is 11.3 Å².